The summed E-state index contributed by atoms with van der Waals surface area (Å²) in [6.07, 6.45) is -6.07. The molecule has 0 saturated carbocycles. The van der Waals surface area contributed by atoms with Crippen LogP contribution in [-0.2, 0) is 33.3 Å². The van der Waals surface area contributed by atoms with Crippen LogP contribution in [-0.4, -0.2) is 41.6 Å². The molecule has 2 unspecified atom stereocenters. The van der Waals surface area contributed by atoms with Crippen LogP contribution in [0.4, 0.5) is 28.0 Å². The van der Waals surface area contributed by atoms with E-state index in [1.165, 1.54) is 0 Å². The predicted octanol–water partition coefficient (Wildman–Crippen LogP) is 5.15. The quantitative estimate of drug-likeness (QED) is 0.486. The Bertz CT molecular complexity index is 1220. The highest BCUT2D eigenvalue weighted by atomic mass is 19.4. The highest BCUT2D eigenvalue weighted by molar-refractivity contribution is 6.01. The molecule has 2 N–H and O–H groups in total. The fourth-order valence-electron chi connectivity index (χ4n) is 4.54. The zero-order chi connectivity index (χ0) is 29.1. The van der Waals surface area contributed by atoms with Gasteiger partial charge in [0, 0.05) is 18.2 Å². The average Bonchev–Trinajstić information content (AvgIpc) is 2.93. The lowest BCUT2D eigenvalue weighted by atomic mass is 9.98. The Morgan fingerprint density at radius 2 is 1.74 bits per heavy atom. The van der Waals surface area contributed by atoms with Crippen molar-refractivity contribution in [2.75, 3.05) is 4.90 Å². The molecule has 1 heterocycles. The van der Waals surface area contributed by atoms with Crippen LogP contribution in [0.5, 0.6) is 0 Å². The van der Waals surface area contributed by atoms with E-state index >= 15 is 0 Å². The summed E-state index contributed by atoms with van der Waals surface area (Å²) >= 11 is 0. The van der Waals surface area contributed by atoms with Gasteiger partial charge >= 0.3 is 12.3 Å². The summed E-state index contributed by atoms with van der Waals surface area (Å²) < 4.78 is 60.4. The Kier molecular flexibility index (Phi) is 8.92. The second kappa shape index (κ2) is 11.6. The van der Waals surface area contributed by atoms with Crippen molar-refractivity contribution in [3.8, 4) is 0 Å². The molecule has 212 valence electrons. The Balaban J connectivity index is 1.92. The molecule has 39 heavy (non-hydrogen) atoms. The number of nitrogens with zero attached hydrogens (tertiary/aromatic N) is 1. The first-order valence-corrected chi connectivity index (χ1v) is 12.6. The number of carbonyl (C=O) groups excluding carboxylic acids is 3. The number of anilines is 1. The summed E-state index contributed by atoms with van der Waals surface area (Å²) in [7, 11) is 0. The van der Waals surface area contributed by atoms with Crippen molar-refractivity contribution in [3.63, 3.8) is 0 Å². The molecule has 0 radical (unpaired) electrons. The van der Waals surface area contributed by atoms with Crippen molar-refractivity contribution >= 4 is 23.6 Å². The molecule has 0 aromatic heterocycles. The minimum Gasteiger partial charge on any atom is -0.444 e. The van der Waals surface area contributed by atoms with Gasteiger partial charge in [-0.2, -0.15) is 13.2 Å². The number of hydrogen-bond acceptors (Lipinski definition) is 4. The van der Waals surface area contributed by atoms with Gasteiger partial charge in [-0.3, -0.25) is 9.59 Å². The first kappa shape index (κ1) is 29.9. The van der Waals surface area contributed by atoms with Gasteiger partial charge < -0.3 is 20.3 Å². The summed E-state index contributed by atoms with van der Waals surface area (Å²) in [5, 5.41) is 4.92. The number of halogens is 4. The highest BCUT2D eigenvalue weighted by Gasteiger charge is 2.39. The first-order valence-electron chi connectivity index (χ1n) is 12.6. The van der Waals surface area contributed by atoms with E-state index in [0.29, 0.717) is 18.2 Å². The van der Waals surface area contributed by atoms with E-state index in [1.807, 2.05) is 32.0 Å². The Hall–Kier alpha value is -3.63. The average molecular weight is 552 g/mol. The zero-order valence-corrected chi connectivity index (χ0v) is 22.5. The number of ether oxygens (including phenoxy) is 1. The normalized spacial score (nSPS) is 16.8. The maximum Gasteiger partial charge on any atom is 0.419 e. The van der Waals surface area contributed by atoms with Gasteiger partial charge in [-0.05, 0) is 70.7 Å². The van der Waals surface area contributed by atoms with Crippen molar-refractivity contribution < 1.29 is 36.7 Å². The summed E-state index contributed by atoms with van der Waals surface area (Å²) in [6, 6.07) is 7.31. The summed E-state index contributed by atoms with van der Waals surface area (Å²) in [5.74, 6) is -2.78. The topological polar surface area (TPSA) is 87.7 Å². The van der Waals surface area contributed by atoms with Gasteiger partial charge in [0.2, 0.25) is 11.8 Å². The van der Waals surface area contributed by atoms with Gasteiger partial charge in [-0.1, -0.05) is 30.3 Å². The number of nitrogens with one attached hydrogen (secondary N) is 2. The van der Waals surface area contributed by atoms with Crippen LogP contribution in [0.15, 0.2) is 42.5 Å². The van der Waals surface area contributed by atoms with Gasteiger partial charge in [0.25, 0.3) is 0 Å². The van der Waals surface area contributed by atoms with E-state index in [-0.39, 0.29) is 18.4 Å². The van der Waals surface area contributed by atoms with Crippen LogP contribution in [0.1, 0.15) is 57.7 Å². The molecule has 0 spiro atoms. The van der Waals surface area contributed by atoms with Gasteiger partial charge in [0.15, 0.2) is 0 Å². The summed E-state index contributed by atoms with van der Waals surface area (Å²) in [4.78, 5) is 41.0. The van der Waals surface area contributed by atoms with E-state index in [1.54, 1.807) is 31.7 Å². The molecule has 1 aliphatic rings. The fourth-order valence-corrected chi connectivity index (χ4v) is 4.54. The van der Waals surface area contributed by atoms with Gasteiger partial charge in [-0.25, -0.2) is 9.18 Å². The minimum absolute atomic E-state index is 0.234. The molecule has 2 aromatic carbocycles. The van der Waals surface area contributed by atoms with Gasteiger partial charge in [0.1, 0.15) is 23.5 Å². The summed E-state index contributed by atoms with van der Waals surface area (Å²) in [5.41, 5.74) is -1.38. The molecular formula is C28H33F4N3O4. The van der Waals surface area contributed by atoms with Crippen molar-refractivity contribution in [3.05, 3.63) is 65.0 Å². The molecule has 0 fully saturated rings. The SMILES string of the molecule is CC(C)N1C(=O)C(NC(=O)C(Cc2cccc(F)c2C(F)(F)F)NC(=O)OC(C)(C)C)CCc2ccccc21. The number of hydrogen-bond donors (Lipinski definition) is 2. The fraction of sp³-hybridized carbons (Fsp3) is 0.464. The number of carbonyl (C=O) groups is 3. The third-order valence-electron chi connectivity index (χ3n) is 6.14. The van der Waals surface area contributed by atoms with E-state index in [2.05, 4.69) is 10.6 Å². The van der Waals surface area contributed by atoms with Gasteiger partial charge in [-0.15, -0.1) is 0 Å². The summed E-state index contributed by atoms with van der Waals surface area (Å²) in [6.45, 7) is 8.40. The van der Waals surface area contributed by atoms with Crippen LogP contribution in [0.25, 0.3) is 0 Å². The Labute approximate surface area is 224 Å². The number of rotatable bonds is 6. The largest absolute Gasteiger partial charge is 0.444 e. The number of benzene rings is 2. The van der Waals surface area contributed by atoms with Crippen LogP contribution in [0, 0.1) is 5.82 Å². The van der Waals surface area contributed by atoms with Crippen molar-refractivity contribution in [1.29, 1.82) is 0 Å². The number of alkyl carbamates (subject to hydrolysis) is 1. The Morgan fingerprint density at radius 1 is 1.08 bits per heavy atom. The molecule has 3 amide bonds. The van der Waals surface area contributed by atoms with E-state index in [4.69, 9.17) is 4.74 Å². The zero-order valence-electron chi connectivity index (χ0n) is 22.5. The Morgan fingerprint density at radius 3 is 2.36 bits per heavy atom. The second-order valence-corrected chi connectivity index (χ2v) is 10.7. The van der Waals surface area contributed by atoms with Crippen molar-refractivity contribution in [2.24, 2.45) is 0 Å². The van der Waals surface area contributed by atoms with Crippen molar-refractivity contribution in [2.45, 2.75) is 83.8 Å². The monoisotopic (exact) mass is 551 g/mol. The maximum atomic E-state index is 14.2. The maximum absolute atomic E-state index is 14.2. The molecule has 0 bridgehead atoms. The highest BCUT2D eigenvalue weighted by Crippen LogP contribution is 2.35. The first-order chi connectivity index (χ1) is 18.1. The number of alkyl halides is 3. The molecule has 0 saturated heterocycles. The minimum atomic E-state index is -5.03. The lowest BCUT2D eigenvalue weighted by Crippen LogP contribution is -2.56. The molecule has 3 rings (SSSR count). The lowest BCUT2D eigenvalue weighted by Gasteiger charge is -2.30. The molecular weight excluding hydrogens is 518 g/mol. The van der Waals surface area contributed by atoms with E-state index < -0.39 is 59.2 Å². The molecule has 2 aromatic rings. The van der Waals surface area contributed by atoms with Crippen LogP contribution in [0.2, 0.25) is 0 Å². The van der Waals surface area contributed by atoms with Crippen LogP contribution in [0.3, 0.4) is 0 Å². The van der Waals surface area contributed by atoms with E-state index in [9.17, 15) is 31.9 Å². The number of aryl methyl sites for hydroxylation is 1. The lowest BCUT2D eigenvalue weighted by molar-refractivity contribution is -0.140. The third-order valence-corrected chi connectivity index (χ3v) is 6.14. The molecule has 1 aliphatic heterocycles. The van der Waals surface area contributed by atoms with Crippen molar-refractivity contribution in [1.82, 2.24) is 10.6 Å². The van der Waals surface area contributed by atoms with Crippen LogP contribution >= 0.6 is 0 Å². The number of fused-ring (bicyclic) bond motifs is 1. The van der Waals surface area contributed by atoms with Gasteiger partial charge in [0.05, 0.1) is 5.56 Å². The molecule has 7 nitrogen and oxygen atoms in total. The number of para-hydroxylation sites is 1. The van der Waals surface area contributed by atoms with E-state index in [0.717, 1.165) is 17.7 Å². The number of amides is 3. The smallest absolute Gasteiger partial charge is 0.419 e. The third kappa shape index (κ3) is 7.48. The molecule has 0 aliphatic carbocycles. The molecule has 2 atom stereocenters. The predicted molar refractivity (Wildman–Crippen MR) is 138 cm³/mol. The standard InChI is InChI=1S/C28H33F4N3O4/c1-16(2)35-22-12-7-6-9-17(22)13-14-20(25(35)37)33-24(36)21(34-26(38)39-27(3,4)5)15-18-10-8-11-19(29)23(18)28(30,31)32/h6-12,16,20-21H,13-15H2,1-5H3,(H,33,36)(H,34,38). The second-order valence-electron chi connectivity index (χ2n) is 10.7. The van der Waals surface area contributed by atoms with Crippen LogP contribution < -0.4 is 15.5 Å². The molecule has 11 heteroatoms.